The highest BCUT2D eigenvalue weighted by Crippen LogP contribution is 2.16. The van der Waals surface area contributed by atoms with Crippen molar-refractivity contribution in [3.05, 3.63) is 90.0 Å². The second-order valence-corrected chi connectivity index (χ2v) is 6.35. The minimum atomic E-state index is -0.500. The summed E-state index contributed by atoms with van der Waals surface area (Å²) in [4.78, 5) is 32.1. The van der Waals surface area contributed by atoms with Crippen molar-refractivity contribution < 1.29 is 19.0 Å². The summed E-state index contributed by atoms with van der Waals surface area (Å²) in [5, 5.41) is 5.28. The van der Waals surface area contributed by atoms with Gasteiger partial charge in [-0.05, 0) is 36.4 Å². The Labute approximate surface area is 171 Å². The van der Waals surface area contributed by atoms with Crippen LogP contribution in [0.2, 0.25) is 0 Å². The fourth-order valence-corrected chi connectivity index (χ4v) is 2.84. The molecule has 1 aromatic heterocycles. The van der Waals surface area contributed by atoms with Gasteiger partial charge in [0.25, 0.3) is 5.91 Å². The molecule has 5 N–H and O–H groups in total. The highest BCUT2D eigenvalue weighted by Gasteiger charge is 2.18. The number of fused-ring (bicyclic) bond motifs is 1. The lowest BCUT2D eigenvalue weighted by atomic mass is 10.1. The first kappa shape index (κ1) is 18.9. The van der Waals surface area contributed by atoms with Gasteiger partial charge >= 0.3 is 17.9 Å². The van der Waals surface area contributed by atoms with Gasteiger partial charge in [-0.1, -0.05) is 47.4 Å². The number of aromatic nitrogens is 1. The Bertz CT molecular complexity index is 1210. The molecule has 0 fully saturated rings. The topological polar surface area (TPSA) is 124 Å². The van der Waals surface area contributed by atoms with Crippen molar-refractivity contribution in [2.75, 3.05) is 5.32 Å². The molecule has 4 rings (SSSR count). The molecule has 0 spiro atoms. The highest BCUT2D eigenvalue weighted by atomic mass is 16.4. The zero-order valence-electron chi connectivity index (χ0n) is 15.8. The summed E-state index contributed by atoms with van der Waals surface area (Å²) in [5.74, 6) is -0.881. The average Bonchev–Trinajstić information content (AvgIpc) is 3.16. The molecule has 0 aliphatic rings. The Kier molecular flexibility index (Phi) is 5.21. The van der Waals surface area contributed by atoms with Gasteiger partial charge < -0.3 is 15.5 Å². The van der Waals surface area contributed by atoms with Crippen LogP contribution in [0.3, 0.4) is 0 Å². The third kappa shape index (κ3) is 4.17. The largest absolute Gasteiger partial charge is 0.406 e. The van der Waals surface area contributed by atoms with Crippen LogP contribution in [0, 0.1) is 0 Å². The van der Waals surface area contributed by atoms with Gasteiger partial charge in [0.05, 0.1) is 11.3 Å². The number of carbonyl (C=O) groups is 2. The summed E-state index contributed by atoms with van der Waals surface area (Å²) in [7, 11) is 0. The molecule has 3 aromatic carbocycles. The number of guanidine groups is 1. The van der Waals surface area contributed by atoms with E-state index in [1.54, 1.807) is 60.7 Å². The molecule has 30 heavy (non-hydrogen) atoms. The number of anilines is 1. The predicted octanol–water partition coefficient (Wildman–Crippen LogP) is 1.54. The van der Waals surface area contributed by atoms with Crippen LogP contribution in [-0.4, -0.2) is 22.8 Å². The van der Waals surface area contributed by atoms with E-state index in [-0.39, 0.29) is 23.4 Å². The molecule has 0 bridgehead atoms. The van der Waals surface area contributed by atoms with Gasteiger partial charge in [0.2, 0.25) is 0 Å². The summed E-state index contributed by atoms with van der Waals surface area (Å²) in [6.45, 7) is 0. The van der Waals surface area contributed by atoms with Gasteiger partial charge in [0.1, 0.15) is 0 Å². The van der Waals surface area contributed by atoms with E-state index in [1.165, 1.54) is 0 Å². The molecule has 0 aliphatic carbocycles. The van der Waals surface area contributed by atoms with E-state index in [2.05, 4.69) is 20.6 Å². The highest BCUT2D eigenvalue weighted by molar-refractivity contribution is 6.11. The van der Waals surface area contributed by atoms with Gasteiger partial charge in [0.15, 0.2) is 11.1 Å². The number of nitrogens with zero attached hydrogens (tertiary/aromatic N) is 1. The average molecular weight is 400 g/mol. The number of nitrogens with one attached hydrogen (secondary N) is 3. The van der Waals surface area contributed by atoms with Crippen LogP contribution in [-0.2, 0) is 0 Å². The Morgan fingerprint density at radius 2 is 1.57 bits per heavy atom. The summed E-state index contributed by atoms with van der Waals surface area (Å²) in [6.07, 6.45) is 0. The molecule has 0 saturated carbocycles. The predicted molar refractivity (Wildman–Crippen MR) is 112 cm³/mol. The van der Waals surface area contributed by atoms with Gasteiger partial charge in [0, 0.05) is 5.56 Å². The smallest absolute Gasteiger partial charge is 0.404 e. The monoisotopic (exact) mass is 400 g/mol. The molecular formula is C22H18N5O3+. The molecule has 4 aromatic rings. The number of hydrogen-bond donors (Lipinski definition) is 4. The maximum absolute atomic E-state index is 12.7. The molecular weight excluding hydrogens is 382 g/mol. The molecule has 148 valence electrons. The first-order valence-electron chi connectivity index (χ1n) is 9.12. The van der Waals surface area contributed by atoms with E-state index in [9.17, 15) is 9.59 Å². The number of nitrogens with two attached hydrogens (primary N) is 1. The second-order valence-electron chi connectivity index (χ2n) is 6.35. The Balaban J connectivity index is 1.51. The van der Waals surface area contributed by atoms with E-state index in [4.69, 9.17) is 10.2 Å². The normalized spacial score (nSPS) is 11.3. The third-order valence-corrected chi connectivity index (χ3v) is 4.24. The van der Waals surface area contributed by atoms with E-state index in [0.717, 1.165) is 0 Å². The molecule has 8 heteroatoms. The van der Waals surface area contributed by atoms with E-state index < -0.39 is 5.91 Å². The molecule has 1 heterocycles. The first-order valence-corrected chi connectivity index (χ1v) is 9.12. The van der Waals surface area contributed by atoms with Crippen molar-refractivity contribution in [3.63, 3.8) is 0 Å². The quantitative estimate of drug-likeness (QED) is 0.306. The van der Waals surface area contributed by atoms with Crippen LogP contribution in [0.4, 0.5) is 11.7 Å². The fourth-order valence-electron chi connectivity index (χ4n) is 2.84. The van der Waals surface area contributed by atoms with Crippen LogP contribution in [0.25, 0.3) is 11.1 Å². The molecule has 0 atom stereocenters. The lowest BCUT2D eigenvalue weighted by Crippen LogP contribution is -2.74. The third-order valence-electron chi connectivity index (χ3n) is 4.24. The number of oxazole rings is 1. The number of para-hydroxylation sites is 3. The SMILES string of the molecule is NC(NC(=O)c1ccccc1NC(=O)c1ccccc1)=[NH+]c1nc2ccccc2o1. The minimum Gasteiger partial charge on any atom is -0.404 e. The molecule has 0 saturated heterocycles. The number of rotatable bonds is 4. The van der Waals surface area contributed by atoms with Crippen molar-refractivity contribution in [3.8, 4) is 0 Å². The first-order chi connectivity index (χ1) is 14.6. The van der Waals surface area contributed by atoms with E-state index >= 15 is 0 Å². The van der Waals surface area contributed by atoms with E-state index in [1.807, 2.05) is 18.2 Å². The summed E-state index contributed by atoms with van der Waals surface area (Å²) in [5.41, 5.74) is 8.24. The molecule has 0 aliphatic heterocycles. The van der Waals surface area contributed by atoms with Crippen molar-refractivity contribution in [1.29, 1.82) is 0 Å². The molecule has 2 amide bonds. The van der Waals surface area contributed by atoms with Crippen molar-refractivity contribution >= 4 is 40.6 Å². The van der Waals surface area contributed by atoms with Crippen molar-refractivity contribution in [1.82, 2.24) is 10.3 Å². The Morgan fingerprint density at radius 3 is 2.37 bits per heavy atom. The molecule has 8 nitrogen and oxygen atoms in total. The van der Waals surface area contributed by atoms with Gasteiger partial charge in [-0.25, -0.2) is 10.3 Å². The summed E-state index contributed by atoms with van der Waals surface area (Å²) in [6, 6.07) is 22.8. The number of carbonyl (C=O) groups excluding carboxylic acids is 2. The van der Waals surface area contributed by atoms with Crippen LogP contribution in [0.5, 0.6) is 0 Å². The zero-order valence-corrected chi connectivity index (χ0v) is 15.8. The number of benzene rings is 3. The molecule has 0 radical (unpaired) electrons. The van der Waals surface area contributed by atoms with Crippen LogP contribution >= 0.6 is 0 Å². The van der Waals surface area contributed by atoms with Gasteiger partial charge in [-0.3, -0.25) is 9.59 Å². The minimum absolute atomic E-state index is 0.0595. The maximum atomic E-state index is 12.7. The number of amides is 2. The summed E-state index contributed by atoms with van der Waals surface area (Å²) >= 11 is 0. The fraction of sp³-hybridized carbons (Fsp3) is 0. The van der Waals surface area contributed by atoms with Crippen molar-refractivity contribution in [2.24, 2.45) is 5.73 Å². The van der Waals surface area contributed by atoms with Crippen molar-refractivity contribution in [2.45, 2.75) is 0 Å². The Hall–Kier alpha value is -4.46. The van der Waals surface area contributed by atoms with E-state index in [0.29, 0.717) is 22.4 Å². The lowest BCUT2D eigenvalue weighted by molar-refractivity contribution is -0.381. The summed E-state index contributed by atoms with van der Waals surface area (Å²) < 4.78 is 5.52. The van der Waals surface area contributed by atoms with Crippen LogP contribution in [0.1, 0.15) is 20.7 Å². The van der Waals surface area contributed by atoms with Crippen LogP contribution in [0.15, 0.2) is 83.3 Å². The number of hydrogen-bond acceptors (Lipinski definition) is 4. The lowest BCUT2D eigenvalue weighted by Gasteiger charge is -2.09. The van der Waals surface area contributed by atoms with Crippen LogP contribution < -0.4 is 21.4 Å². The molecule has 0 unspecified atom stereocenters. The van der Waals surface area contributed by atoms with Gasteiger partial charge in [-0.15, -0.1) is 0 Å². The Morgan fingerprint density at radius 1 is 0.867 bits per heavy atom. The second kappa shape index (κ2) is 8.27. The standard InChI is InChI=1S/C22H17N5O3/c23-21(27-22-25-17-12-6-7-13-18(17)30-22)26-20(29)15-10-4-5-11-16(15)24-19(28)14-8-2-1-3-9-14/h1-13H,(H,24,28)(H3,23,25,26,27,29)/p+1. The van der Waals surface area contributed by atoms with Gasteiger partial charge in [-0.2, -0.15) is 0 Å². The maximum Gasteiger partial charge on any atom is 0.406 e. The zero-order chi connectivity index (χ0) is 20.9.